The van der Waals surface area contributed by atoms with Crippen LogP contribution < -0.4 is 5.56 Å². The topological polar surface area (TPSA) is 63.6 Å². The van der Waals surface area contributed by atoms with Gasteiger partial charge in [0.25, 0.3) is 5.56 Å². The molecule has 0 aliphatic rings. The Kier molecular flexibility index (Phi) is 3.63. The molecular formula is C11H14N4OS. The van der Waals surface area contributed by atoms with Crippen molar-refractivity contribution < 1.29 is 0 Å². The lowest BCUT2D eigenvalue weighted by Crippen LogP contribution is -2.08. The molecule has 2 rings (SSSR count). The lowest BCUT2D eigenvalue weighted by molar-refractivity contribution is 0.733. The summed E-state index contributed by atoms with van der Waals surface area (Å²) < 4.78 is 2.07. The number of nitrogens with zero attached hydrogens (tertiary/aromatic N) is 3. The zero-order chi connectivity index (χ0) is 12.3. The van der Waals surface area contributed by atoms with Gasteiger partial charge in [0.1, 0.15) is 0 Å². The number of rotatable bonds is 4. The molecule has 0 spiro atoms. The molecular weight excluding hydrogens is 236 g/mol. The Morgan fingerprint density at radius 3 is 3.06 bits per heavy atom. The summed E-state index contributed by atoms with van der Waals surface area (Å²) in [4.78, 5) is 22.3. The van der Waals surface area contributed by atoms with E-state index in [2.05, 4.69) is 26.4 Å². The Morgan fingerprint density at radius 1 is 1.53 bits per heavy atom. The highest BCUT2D eigenvalue weighted by Gasteiger charge is 2.04. The van der Waals surface area contributed by atoms with Crippen molar-refractivity contribution in [3.05, 3.63) is 40.3 Å². The zero-order valence-corrected chi connectivity index (χ0v) is 10.6. The third-order valence-electron chi connectivity index (χ3n) is 2.34. The fourth-order valence-electron chi connectivity index (χ4n) is 1.52. The number of aryl methyl sites for hydroxylation is 2. The Bertz CT molecular complexity index is 561. The molecule has 1 N–H and O–H groups in total. The molecule has 0 radical (unpaired) electrons. The van der Waals surface area contributed by atoms with Crippen molar-refractivity contribution in [2.45, 2.75) is 31.3 Å². The molecule has 0 saturated heterocycles. The predicted molar refractivity (Wildman–Crippen MR) is 67.1 cm³/mol. The average molecular weight is 250 g/mol. The largest absolute Gasteiger partial charge is 0.334 e. The third-order valence-corrected chi connectivity index (χ3v) is 3.25. The summed E-state index contributed by atoms with van der Waals surface area (Å²) >= 11 is 1.51. The van der Waals surface area contributed by atoms with Gasteiger partial charge in [0, 0.05) is 35.9 Å². The van der Waals surface area contributed by atoms with Crippen LogP contribution in [0.2, 0.25) is 0 Å². The van der Waals surface area contributed by atoms with Crippen molar-refractivity contribution in [2.24, 2.45) is 0 Å². The quantitative estimate of drug-likeness (QED) is 0.661. The SMILES string of the molecule is CCn1cncc1CSc1nc(C)cc(=O)[nH]1. The van der Waals surface area contributed by atoms with E-state index >= 15 is 0 Å². The summed E-state index contributed by atoms with van der Waals surface area (Å²) in [6, 6.07) is 1.49. The second-order valence-electron chi connectivity index (χ2n) is 3.65. The summed E-state index contributed by atoms with van der Waals surface area (Å²) in [7, 11) is 0. The summed E-state index contributed by atoms with van der Waals surface area (Å²) in [5.41, 5.74) is 1.76. The molecule has 0 amide bonds. The van der Waals surface area contributed by atoms with Gasteiger partial charge in [-0.1, -0.05) is 11.8 Å². The van der Waals surface area contributed by atoms with E-state index in [9.17, 15) is 4.79 Å². The van der Waals surface area contributed by atoms with Gasteiger partial charge in [-0.05, 0) is 13.8 Å². The molecule has 0 atom stereocenters. The van der Waals surface area contributed by atoms with Crippen LogP contribution in [0, 0.1) is 6.92 Å². The van der Waals surface area contributed by atoms with Crippen LogP contribution in [0.5, 0.6) is 0 Å². The first kappa shape index (κ1) is 11.9. The number of H-pyrrole nitrogens is 1. The van der Waals surface area contributed by atoms with Crippen LogP contribution in [-0.4, -0.2) is 19.5 Å². The monoisotopic (exact) mass is 250 g/mol. The van der Waals surface area contributed by atoms with Gasteiger partial charge in [0.05, 0.1) is 6.33 Å². The van der Waals surface area contributed by atoms with Crippen LogP contribution in [0.15, 0.2) is 28.5 Å². The predicted octanol–water partition coefficient (Wildman–Crippen LogP) is 1.59. The first-order valence-corrected chi connectivity index (χ1v) is 6.37. The minimum Gasteiger partial charge on any atom is -0.334 e. The van der Waals surface area contributed by atoms with Gasteiger partial charge < -0.3 is 9.55 Å². The van der Waals surface area contributed by atoms with E-state index in [1.165, 1.54) is 17.8 Å². The molecule has 2 heterocycles. The van der Waals surface area contributed by atoms with Crippen LogP contribution in [-0.2, 0) is 12.3 Å². The molecule has 6 heteroatoms. The van der Waals surface area contributed by atoms with E-state index < -0.39 is 0 Å². The summed E-state index contributed by atoms with van der Waals surface area (Å²) in [6.07, 6.45) is 3.65. The van der Waals surface area contributed by atoms with E-state index in [4.69, 9.17) is 0 Å². The molecule has 0 unspecified atom stereocenters. The van der Waals surface area contributed by atoms with Gasteiger partial charge in [-0.2, -0.15) is 0 Å². The first-order chi connectivity index (χ1) is 8.19. The molecule has 2 aromatic rings. The molecule has 0 aromatic carbocycles. The Labute approximate surface area is 103 Å². The number of hydrogen-bond acceptors (Lipinski definition) is 4. The summed E-state index contributed by atoms with van der Waals surface area (Å²) in [6.45, 7) is 4.78. The number of aromatic amines is 1. The van der Waals surface area contributed by atoms with Crippen LogP contribution in [0.3, 0.4) is 0 Å². The van der Waals surface area contributed by atoms with Crippen molar-refractivity contribution >= 4 is 11.8 Å². The number of nitrogens with one attached hydrogen (secondary N) is 1. The van der Waals surface area contributed by atoms with Crippen molar-refractivity contribution in [1.82, 2.24) is 19.5 Å². The number of aromatic nitrogens is 4. The normalized spacial score (nSPS) is 10.7. The second kappa shape index (κ2) is 5.18. The highest BCUT2D eigenvalue weighted by molar-refractivity contribution is 7.98. The summed E-state index contributed by atoms with van der Waals surface area (Å²) in [5, 5.41) is 0.652. The number of imidazole rings is 1. The fraction of sp³-hybridized carbons (Fsp3) is 0.364. The highest BCUT2D eigenvalue weighted by Crippen LogP contribution is 2.17. The van der Waals surface area contributed by atoms with Crippen LogP contribution in [0.4, 0.5) is 0 Å². The molecule has 17 heavy (non-hydrogen) atoms. The fourth-order valence-corrected chi connectivity index (χ4v) is 2.42. The molecule has 0 aliphatic heterocycles. The van der Waals surface area contributed by atoms with Crippen LogP contribution in [0.25, 0.3) is 0 Å². The molecule has 0 bridgehead atoms. The highest BCUT2D eigenvalue weighted by atomic mass is 32.2. The molecule has 2 aromatic heterocycles. The van der Waals surface area contributed by atoms with Crippen molar-refractivity contribution in [1.29, 1.82) is 0 Å². The lowest BCUT2D eigenvalue weighted by atomic mass is 10.5. The second-order valence-corrected chi connectivity index (χ2v) is 4.62. The minimum atomic E-state index is -0.107. The maximum absolute atomic E-state index is 11.3. The smallest absolute Gasteiger partial charge is 0.251 e. The van der Waals surface area contributed by atoms with E-state index in [0.29, 0.717) is 5.16 Å². The zero-order valence-electron chi connectivity index (χ0n) is 9.80. The van der Waals surface area contributed by atoms with E-state index in [1.54, 1.807) is 0 Å². The summed E-state index contributed by atoms with van der Waals surface area (Å²) in [5.74, 6) is 0.750. The van der Waals surface area contributed by atoms with E-state index in [1.807, 2.05) is 19.4 Å². The third kappa shape index (κ3) is 2.97. The van der Waals surface area contributed by atoms with Gasteiger partial charge >= 0.3 is 0 Å². The Morgan fingerprint density at radius 2 is 2.35 bits per heavy atom. The Hall–Kier alpha value is -1.56. The standard InChI is InChI=1S/C11H14N4OS/c1-3-15-7-12-5-9(15)6-17-11-13-8(2)4-10(16)14-11/h4-5,7H,3,6H2,1-2H3,(H,13,14,16). The van der Waals surface area contributed by atoms with Gasteiger partial charge in [0.15, 0.2) is 5.16 Å². The molecule has 0 aliphatic carbocycles. The average Bonchev–Trinajstić information content (AvgIpc) is 2.72. The van der Waals surface area contributed by atoms with E-state index in [-0.39, 0.29) is 5.56 Å². The molecule has 5 nitrogen and oxygen atoms in total. The van der Waals surface area contributed by atoms with Crippen molar-refractivity contribution in [2.75, 3.05) is 0 Å². The molecule has 90 valence electrons. The Balaban J connectivity index is 2.09. The minimum absolute atomic E-state index is 0.107. The van der Waals surface area contributed by atoms with Crippen LogP contribution >= 0.6 is 11.8 Å². The maximum atomic E-state index is 11.3. The lowest BCUT2D eigenvalue weighted by Gasteiger charge is -2.04. The van der Waals surface area contributed by atoms with Gasteiger partial charge in [-0.15, -0.1) is 0 Å². The first-order valence-electron chi connectivity index (χ1n) is 5.39. The molecule has 0 saturated carbocycles. The number of hydrogen-bond donors (Lipinski definition) is 1. The van der Waals surface area contributed by atoms with Crippen LogP contribution in [0.1, 0.15) is 18.3 Å². The number of thioether (sulfide) groups is 1. The van der Waals surface area contributed by atoms with Gasteiger partial charge in [-0.25, -0.2) is 9.97 Å². The van der Waals surface area contributed by atoms with Gasteiger partial charge in [0.2, 0.25) is 0 Å². The van der Waals surface area contributed by atoms with Crippen molar-refractivity contribution in [3.8, 4) is 0 Å². The molecule has 0 fully saturated rings. The maximum Gasteiger partial charge on any atom is 0.251 e. The van der Waals surface area contributed by atoms with Gasteiger partial charge in [-0.3, -0.25) is 4.79 Å². The van der Waals surface area contributed by atoms with E-state index in [0.717, 1.165) is 23.7 Å². The van der Waals surface area contributed by atoms with Crippen molar-refractivity contribution in [3.63, 3.8) is 0 Å².